The highest BCUT2D eigenvalue weighted by Gasteiger charge is 2.20. The average molecular weight is 483 g/mol. The molecule has 4 aromatic carbocycles. The van der Waals surface area contributed by atoms with Crippen molar-refractivity contribution in [3.05, 3.63) is 119 Å². The van der Waals surface area contributed by atoms with Crippen LogP contribution in [0.1, 0.15) is 33.9 Å². The predicted molar refractivity (Wildman–Crippen MR) is 145 cm³/mol. The summed E-state index contributed by atoms with van der Waals surface area (Å²) >= 11 is -1.66. The molecule has 5 heteroatoms. The molecule has 4 aromatic rings. The lowest BCUT2D eigenvalue weighted by molar-refractivity contribution is 0.502. The number of hydrogen-bond donors (Lipinski definition) is 2. The molecule has 2 unspecified atom stereocenters. The van der Waals surface area contributed by atoms with Crippen LogP contribution in [0.25, 0.3) is 11.1 Å². The van der Waals surface area contributed by atoms with Crippen LogP contribution in [0.5, 0.6) is 5.75 Å². The maximum absolute atomic E-state index is 12.3. The van der Waals surface area contributed by atoms with Crippen LogP contribution in [0, 0.1) is 13.8 Å². The van der Waals surface area contributed by atoms with Gasteiger partial charge in [0, 0.05) is 11.7 Å². The molecule has 0 saturated heterocycles. The van der Waals surface area contributed by atoms with Crippen molar-refractivity contribution in [2.24, 2.45) is 0 Å². The quantitative estimate of drug-likeness (QED) is 0.317. The van der Waals surface area contributed by atoms with Crippen molar-refractivity contribution in [3.63, 3.8) is 0 Å². The zero-order valence-corrected chi connectivity index (χ0v) is 20.9. The van der Waals surface area contributed by atoms with E-state index in [9.17, 15) is 4.21 Å². The first kappa shape index (κ1) is 23.3. The zero-order chi connectivity index (χ0) is 24.2. The van der Waals surface area contributed by atoms with Gasteiger partial charge in [0.2, 0.25) is 0 Å². The van der Waals surface area contributed by atoms with Gasteiger partial charge in [-0.2, -0.15) is 4.21 Å². The fraction of sp³-hybridized carbons (Fsp3) is 0.200. The van der Waals surface area contributed by atoms with Gasteiger partial charge in [-0.3, -0.25) is 4.72 Å². The molecule has 35 heavy (non-hydrogen) atoms. The van der Waals surface area contributed by atoms with Gasteiger partial charge in [0.05, 0.1) is 0 Å². The molecule has 0 amide bonds. The SMILES string of the molecule is Cc1ccc(OS(=O)Nc2ccc(-c3cccc(CC4NCCc5ccc(C)cc54)c3)cc2)cc1. The van der Waals surface area contributed by atoms with Gasteiger partial charge in [0.15, 0.2) is 0 Å². The van der Waals surface area contributed by atoms with Gasteiger partial charge in [0.25, 0.3) is 0 Å². The lowest BCUT2D eigenvalue weighted by Gasteiger charge is -2.27. The topological polar surface area (TPSA) is 50.4 Å². The van der Waals surface area contributed by atoms with E-state index in [2.05, 4.69) is 59.4 Å². The highest BCUT2D eigenvalue weighted by Crippen LogP contribution is 2.29. The van der Waals surface area contributed by atoms with Crippen molar-refractivity contribution >= 4 is 17.0 Å². The number of fused-ring (bicyclic) bond motifs is 1. The van der Waals surface area contributed by atoms with E-state index in [4.69, 9.17) is 4.18 Å². The number of rotatable bonds is 7. The van der Waals surface area contributed by atoms with E-state index in [0.29, 0.717) is 11.8 Å². The second-order valence-electron chi connectivity index (χ2n) is 9.17. The molecule has 0 saturated carbocycles. The fourth-order valence-corrected chi connectivity index (χ4v) is 5.24. The van der Waals surface area contributed by atoms with E-state index in [1.54, 1.807) is 0 Å². The first-order valence-corrected chi connectivity index (χ1v) is 13.1. The van der Waals surface area contributed by atoms with Crippen molar-refractivity contribution in [2.45, 2.75) is 32.7 Å². The Kier molecular flexibility index (Phi) is 6.98. The zero-order valence-electron chi connectivity index (χ0n) is 20.1. The molecule has 0 radical (unpaired) electrons. The summed E-state index contributed by atoms with van der Waals surface area (Å²) in [6, 6.07) is 31.3. The first-order chi connectivity index (χ1) is 17.0. The van der Waals surface area contributed by atoms with Gasteiger partial charge in [-0.1, -0.05) is 77.9 Å². The van der Waals surface area contributed by atoms with Gasteiger partial charge in [-0.25, -0.2) is 0 Å². The first-order valence-electron chi connectivity index (χ1n) is 12.0. The highest BCUT2D eigenvalue weighted by atomic mass is 32.2. The summed E-state index contributed by atoms with van der Waals surface area (Å²) in [4.78, 5) is 0. The smallest absolute Gasteiger partial charge is 0.316 e. The molecule has 0 spiro atoms. The maximum Gasteiger partial charge on any atom is 0.316 e. The third-order valence-electron chi connectivity index (χ3n) is 6.44. The maximum atomic E-state index is 12.3. The van der Waals surface area contributed by atoms with Gasteiger partial charge < -0.3 is 9.50 Å². The van der Waals surface area contributed by atoms with Crippen LogP contribution < -0.4 is 14.2 Å². The predicted octanol–water partition coefficient (Wildman–Crippen LogP) is 6.47. The van der Waals surface area contributed by atoms with Crippen molar-refractivity contribution < 1.29 is 8.39 Å². The molecule has 1 aliphatic heterocycles. The van der Waals surface area contributed by atoms with Gasteiger partial charge in [0.1, 0.15) is 5.75 Å². The molecule has 1 heterocycles. The average Bonchev–Trinajstić information content (AvgIpc) is 2.86. The Morgan fingerprint density at radius 3 is 2.46 bits per heavy atom. The minimum Gasteiger partial charge on any atom is -0.385 e. The standard InChI is InChI=1S/C30H30N2O2S/c1-21-7-14-28(15-8-21)34-35(33)32-27-12-10-24(11-13-27)26-5-3-4-23(19-26)20-30-29-18-22(2)6-9-25(29)16-17-31-30/h3-15,18-19,30-32H,16-17,20H2,1-2H3. The Morgan fingerprint density at radius 1 is 0.886 bits per heavy atom. The van der Waals surface area contributed by atoms with E-state index < -0.39 is 11.3 Å². The van der Waals surface area contributed by atoms with Crippen LogP contribution >= 0.6 is 0 Å². The second kappa shape index (κ2) is 10.5. The molecular formula is C30H30N2O2S. The van der Waals surface area contributed by atoms with E-state index in [0.717, 1.165) is 36.2 Å². The Balaban J connectivity index is 1.25. The fourth-order valence-electron chi connectivity index (χ4n) is 4.58. The normalized spacial score (nSPS) is 15.8. The van der Waals surface area contributed by atoms with Crippen LogP contribution in [-0.2, 0) is 24.1 Å². The molecule has 0 fully saturated rings. The summed E-state index contributed by atoms with van der Waals surface area (Å²) in [6.45, 7) is 5.18. The molecular weight excluding hydrogens is 452 g/mol. The Labute approximate surface area is 210 Å². The minimum atomic E-state index is -1.66. The summed E-state index contributed by atoms with van der Waals surface area (Å²) in [6.07, 6.45) is 2.05. The molecule has 2 N–H and O–H groups in total. The largest absolute Gasteiger partial charge is 0.385 e. The summed E-state index contributed by atoms with van der Waals surface area (Å²) in [5, 5.41) is 3.71. The Hall–Kier alpha value is -3.41. The van der Waals surface area contributed by atoms with E-state index in [1.165, 1.54) is 27.8 Å². The molecule has 0 bridgehead atoms. The summed E-state index contributed by atoms with van der Waals surface area (Å²) in [5.74, 6) is 0.570. The second-order valence-corrected chi connectivity index (χ2v) is 10.0. The van der Waals surface area contributed by atoms with Crippen molar-refractivity contribution in [2.75, 3.05) is 11.3 Å². The van der Waals surface area contributed by atoms with Crippen LogP contribution in [0.15, 0.2) is 91.0 Å². The lowest BCUT2D eigenvalue weighted by Crippen LogP contribution is -2.31. The molecule has 0 aliphatic carbocycles. The minimum absolute atomic E-state index is 0.337. The molecule has 2 atom stereocenters. The molecule has 1 aliphatic rings. The molecule has 5 rings (SSSR count). The number of nitrogens with one attached hydrogen (secondary N) is 2. The molecule has 4 nitrogen and oxygen atoms in total. The summed E-state index contributed by atoms with van der Waals surface area (Å²) in [7, 11) is 0. The number of hydrogen-bond acceptors (Lipinski definition) is 3. The summed E-state index contributed by atoms with van der Waals surface area (Å²) in [5.41, 5.74) is 9.68. The van der Waals surface area contributed by atoms with Crippen LogP contribution in [0.3, 0.4) is 0 Å². The monoisotopic (exact) mass is 482 g/mol. The Bertz CT molecular complexity index is 1330. The van der Waals surface area contributed by atoms with Gasteiger partial charge >= 0.3 is 11.3 Å². The number of anilines is 1. The Morgan fingerprint density at radius 2 is 1.66 bits per heavy atom. The molecule has 178 valence electrons. The molecule has 0 aromatic heterocycles. The number of benzene rings is 4. The third-order valence-corrected chi connectivity index (χ3v) is 7.19. The lowest BCUT2D eigenvalue weighted by atomic mass is 9.88. The third kappa shape index (κ3) is 5.81. The van der Waals surface area contributed by atoms with Crippen LogP contribution in [0.4, 0.5) is 5.69 Å². The van der Waals surface area contributed by atoms with Crippen molar-refractivity contribution in [3.8, 4) is 16.9 Å². The van der Waals surface area contributed by atoms with Crippen LogP contribution in [0.2, 0.25) is 0 Å². The van der Waals surface area contributed by atoms with Crippen molar-refractivity contribution in [1.29, 1.82) is 0 Å². The van der Waals surface area contributed by atoms with Crippen molar-refractivity contribution in [1.82, 2.24) is 5.32 Å². The van der Waals surface area contributed by atoms with Gasteiger partial charge in [-0.05, 0) is 85.3 Å². The number of aryl methyl sites for hydroxylation is 2. The highest BCUT2D eigenvalue weighted by molar-refractivity contribution is 7.81. The van der Waals surface area contributed by atoms with E-state index in [-0.39, 0.29) is 0 Å². The summed E-state index contributed by atoms with van der Waals surface area (Å²) < 4.78 is 20.7. The van der Waals surface area contributed by atoms with E-state index in [1.807, 2.05) is 55.5 Å². The van der Waals surface area contributed by atoms with E-state index >= 15 is 0 Å². The van der Waals surface area contributed by atoms with Gasteiger partial charge in [-0.15, -0.1) is 0 Å². The van der Waals surface area contributed by atoms with Crippen LogP contribution in [-0.4, -0.2) is 10.8 Å².